The van der Waals surface area contributed by atoms with E-state index in [0.717, 1.165) is 50.4 Å². The molecule has 2 nitrogen and oxygen atoms in total. The molecule has 0 bridgehead atoms. The number of fused-ring (bicyclic) bond motifs is 2. The van der Waals surface area contributed by atoms with Crippen LogP contribution in [0.4, 0.5) is 0 Å². The third kappa shape index (κ3) is 4.44. The molecule has 0 radical (unpaired) electrons. The van der Waals surface area contributed by atoms with Gasteiger partial charge in [-0.1, -0.05) is 13.8 Å². The highest BCUT2D eigenvalue weighted by molar-refractivity contribution is 8.18. The van der Waals surface area contributed by atoms with E-state index in [1.165, 1.54) is 44.9 Å². The first-order valence-electron chi connectivity index (χ1n) is 10.9. The molecule has 0 unspecified atom stereocenters. The van der Waals surface area contributed by atoms with Gasteiger partial charge in [-0.15, -0.1) is 23.5 Å². The average Bonchev–Trinajstić information content (AvgIpc) is 2.71. The minimum atomic E-state index is 0.260. The van der Waals surface area contributed by atoms with E-state index in [1.54, 1.807) is 0 Å². The monoisotopic (exact) mass is 428 g/mol. The third-order valence-corrected chi connectivity index (χ3v) is 9.04. The molecule has 0 amide bonds. The smallest absolute Gasteiger partial charge is 0.122 e. The van der Waals surface area contributed by atoms with Crippen LogP contribution in [0.15, 0.2) is 34.1 Å². The minimum Gasteiger partial charge on any atom is -0.493 e. The Morgan fingerprint density at radius 2 is 1.21 bits per heavy atom. The molecule has 4 heteroatoms. The molecule has 156 valence electrons. The molecule has 0 fully saturated rings. The maximum absolute atomic E-state index is 5.96. The van der Waals surface area contributed by atoms with E-state index in [9.17, 15) is 0 Å². The van der Waals surface area contributed by atoms with Crippen molar-refractivity contribution in [2.75, 3.05) is 13.2 Å². The Bertz CT molecular complexity index is 817. The van der Waals surface area contributed by atoms with Crippen LogP contribution in [0.5, 0.6) is 11.5 Å². The number of aryl methyl sites for hydroxylation is 4. The fourth-order valence-corrected chi connectivity index (χ4v) is 7.50. The number of ether oxygens (including phenoxy) is 2. The van der Waals surface area contributed by atoms with Gasteiger partial charge in [-0.25, -0.2) is 0 Å². The Hall–Kier alpha value is -1.26. The summed E-state index contributed by atoms with van der Waals surface area (Å²) in [5, 5.41) is 0. The second-order valence-electron chi connectivity index (χ2n) is 8.26. The molecule has 2 aromatic rings. The quantitative estimate of drug-likeness (QED) is 0.478. The standard InChI is InChI=1S/C25H32O2S2/c1-5-11-26-21-15-19-7-9-25(28-23(19)13-17(21)3)10-8-20-16-22(27-12-6-2)18(4)14-24(20)29-25/h13-16H,5-12H2,1-4H3. The molecule has 2 aliphatic heterocycles. The minimum absolute atomic E-state index is 0.260. The number of benzene rings is 2. The Labute approximate surface area is 184 Å². The lowest BCUT2D eigenvalue weighted by Crippen LogP contribution is -2.28. The summed E-state index contributed by atoms with van der Waals surface area (Å²) in [6.07, 6.45) is 6.83. The van der Waals surface area contributed by atoms with Crippen molar-refractivity contribution in [3.63, 3.8) is 0 Å². The summed E-state index contributed by atoms with van der Waals surface area (Å²) >= 11 is 4.18. The maximum atomic E-state index is 5.96. The molecule has 0 N–H and O–H groups in total. The molecule has 29 heavy (non-hydrogen) atoms. The topological polar surface area (TPSA) is 18.5 Å². The van der Waals surface area contributed by atoms with Crippen LogP contribution in [0, 0.1) is 13.8 Å². The zero-order chi connectivity index (χ0) is 20.4. The summed E-state index contributed by atoms with van der Waals surface area (Å²) in [6.45, 7) is 10.3. The molecule has 2 aromatic carbocycles. The van der Waals surface area contributed by atoms with Crippen LogP contribution in [-0.2, 0) is 12.8 Å². The van der Waals surface area contributed by atoms with Crippen LogP contribution in [-0.4, -0.2) is 17.3 Å². The molecule has 0 saturated heterocycles. The van der Waals surface area contributed by atoms with E-state index in [2.05, 4.69) is 75.5 Å². The van der Waals surface area contributed by atoms with E-state index in [4.69, 9.17) is 9.47 Å². The number of rotatable bonds is 6. The van der Waals surface area contributed by atoms with Crippen LogP contribution < -0.4 is 9.47 Å². The van der Waals surface area contributed by atoms with Crippen molar-refractivity contribution in [2.24, 2.45) is 0 Å². The second kappa shape index (κ2) is 8.85. The number of hydrogen-bond donors (Lipinski definition) is 0. The molecule has 2 aliphatic rings. The van der Waals surface area contributed by atoms with Crippen molar-refractivity contribution in [3.8, 4) is 11.5 Å². The zero-order valence-electron chi connectivity index (χ0n) is 18.1. The molecule has 2 heterocycles. The SMILES string of the molecule is CCCOc1cc2c(cc1C)SC1(CC2)CCc2cc(OCCC)c(C)cc2S1. The molecule has 0 saturated carbocycles. The molecular weight excluding hydrogens is 396 g/mol. The Kier molecular flexibility index (Phi) is 6.41. The van der Waals surface area contributed by atoms with E-state index >= 15 is 0 Å². The highest BCUT2D eigenvalue weighted by Gasteiger charge is 2.40. The van der Waals surface area contributed by atoms with Crippen molar-refractivity contribution < 1.29 is 9.47 Å². The van der Waals surface area contributed by atoms with Gasteiger partial charge in [0.05, 0.1) is 17.3 Å². The van der Waals surface area contributed by atoms with Gasteiger partial charge in [-0.2, -0.15) is 0 Å². The van der Waals surface area contributed by atoms with Gasteiger partial charge in [-0.05, 0) is 98.9 Å². The molecule has 0 atom stereocenters. The van der Waals surface area contributed by atoms with E-state index in [-0.39, 0.29) is 4.08 Å². The van der Waals surface area contributed by atoms with Gasteiger partial charge >= 0.3 is 0 Å². The Morgan fingerprint density at radius 3 is 1.62 bits per heavy atom. The molecular formula is C25H32O2S2. The largest absolute Gasteiger partial charge is 0.493 e. The number of thioether (sulfide) groups is 2. The summed E-state index contributed by atoms with van der Waals surface area (Å²) in [6, 6.07) is 9.30. The van der Waals surface area contributed by atoms with Gasteiger partial charge < -0.3 is 9.47 Å². The molecule has 1 spiro atoms. The van der Waals surface area contributed by atoms with Crippen molar-refractivity contribution in [2.45, 2.75) is 80.1 Å². The van der Waals surface area contributed by atoms with Gasteiger partial charge in [0.25, 0.3) is 0 Å². The molecule has 0 aromatic heterocycles. The van der Waals surface area contributed by atoms with Crippen LogP contribution >= 0.6 is 23.5 Å². The summed E-state index contributed by atoms with van der Waals surface area (Å²) in [7, 11) is 0. The van der Waals surface area contributed by atoms with Gasteiger partial charge in [-0.3, -0.25) is 0 Å². The lowest BCUT2D eigenvalue weighted by atomic mass is 9.99. The molecule has 4 rings (SSSR count). The Balaban J connectivity index is 1.55. The van der Waals surface area contributed by atoms with E-state index in [1.807, 2.05) is 0 Å². The van der Waals surface area contributed by atoms with Crippen LogP contribution in [0.1, 0.15) is 61.8 Å². The highest BCUT2D eigenvalue weighted by atomic mass is 32.2. The fourth-order valence-electron chi connectivity index (χ4n) is 4.12. The lowest BCUT2D eigenvalue weighted by Gasteiger charge is -2.40. The van der Waals surface area contributed by atoms with Gasteiger partial charge in [0, 0.05) is 9.79 Å². The Morgan fingerprint density at radius 1 is 0.759 bits per heavy atom. The third-order valence-electron chi connectivity index (χ3n) is 5.78. The van der Waals surface area contributed by atoms with Crippen molar-refractivity contribution in [3.05, 3.63) is 46.5 Å². The maximum Gasteiger partial charge on any atom is 0.122 e. The number of hydrogen-bond acceptors (Lipinski definition) is 4. The second-order valence-corrected chi connectivity index (χ2v) is 11.4. The summed E-state index contributed by atoms with van der Waals surface area (Å²) in [5.41, 5.74) is 5.44. The lowest BCUT2D eigenvalue weighted by molar-refractivity contribution is 0.314. The summed E-state index contributed by atoms with van der Waals surface area (Å²) in [5.74, 6) is 2.14. The zero-order valence-corrected chi connectivity index (χ0v) is 19.7. The average molecular weight is 429 g/mol. The van der Waals surface area contributed by atoms with Crippen LogP contribution in [0.25, 0.3) is 0 Å². The first-order valence-corrected chi connectivity index (χ1v) is 12.6. The highest BCUT2D eigenvalue weighted by Crippen LogP contribution is 2.58. The predicted molar refractivity (Wildman–Crippen MR) is 125 cm³/mol. The van der Waals surface area contributed by atoms with Crippen molar-refractivity contribution >= 4 is 23.5 Å². The van der Waals surface area contributed by atoms with Gasteiger partial charge in [0.1, 0.15) is 11.5 Å². The van der Waals surface area contributed by atoms with E-state index in [0.29, 0.717) is 0 Å². The van der Waals surface area contributed by atoms with Crippen molar-refractivity contribution in [1.29, 1.82) is 0 Å². The van der Waals surface area contributed by atoms with Crippen LogP contribution in [0.2, 0.25) is 0 Å². The van der Waals surface area contributed by atoms with E-state index < -0.39 is 0 Å². The van der Waals surface area contributed by atoms with Crippen molar-refractivity contribution in [1.82, 2.24) is 0 Å². The normalized spacial score (nSPS) is 17.0. The van der Waals surface area contributed by atoms with Gasteiger partial charge in [0.2, 0.25) is 0 Å². The molecule has 0 aliphatic carbocycles. The first-order chi connectivity index (χ1) is 14.0. The summed E-state index contributed by atoms with van der Waals surface area (Å²) in [4.78, 5) is 2.90. The predicted octanol–water partition coefficient (Wildman–Crippen LogP) is 7.35. The van der Waals surface area contributed by atoms with Crippen LogP contribution in [0.3, 0.4) is 0 Å². The fraction of sp³-hybridized carbons (Fsp3) is 0.520. The first kappa shape index (κ1) is 21.0. The van der Waals surface area contributed by atoms with Gasteiger partial charge in [0.15, 0.2) is 0 Å². The summed E-state index contributed by atoms with van der Waals surface area (Å²) < 4.78 is 12.2.